The number of allylic oxidation sites excluding steroid dienone is 2. The molecule has 1 fully saturated rings. The SMILES string of the molecule is COC(=O)C1(C(=O)OC)CC2=C(c3ccccc3)C(=O)C[C@H]2C1. The molecule has 1 aromatic rings. The summed E-state index contributed by atoms with van der Waals surface area (Å²) in [4.78, 5) is 36.9. The molecule has 0 amide bonds. The Morgan fingerprint density at radius 1 is 1.09 bits per heavy atom. The predicted molar refractivity (Wildman–Crippen MR) is 82.2 cm³/mol. The molecule has 0 bridgehead atoms. The minimum Gasteiger partial charge on any atom is -0.468 e. The number of Topliss-reactive ketones (excluding diaryl/α,β-unsaturated/α-hetero) is 1. The van der Waals surface area contributed by atoms with Gasteiger partial charge in [0.25, 0.3) is 0 Å². The lowest BCUT2D eigenvalue weighted by Crippen LogP contribution is -2.39. The Labute approximate surface area is 134 Å². The van der Waals surface area contributed by atoms with Crippen LogP contribution < -0.4 is 0 Å². The third kappa shape index (κ3) is 2.27. The number of ether oxygens (including phenoxy) is 2. The molecule has 3 rings (SSSR count). The quantitative estimate of drug-likeness (QED) is 0.631. The van der Waals surface area contributed by atoms with Crippen molar-refractivity contribution in [2.45, 2.75) is 19.3 Å². The van der Waals surface area contributed by atoms with Gasteiger partial charge in [-0.3, -0.25) is 14.4 Å². The van der Waals surface area contributed by atoms with E-state index in [-0.39, 0.29) is 24.5 Å². The number of esters is 2. The zero-order valence-corrected chi connectivity index (χ0v) is 13.1. The van der Waals surface area contributed by atoms with Crippen molar-refractivity contribution in [3.8, 4) is 0 Å². The van der Waals surface area contributed by atoms with Crippen LogP contribution in [0.5, 0.6) is 0 Å². The Morgan fingerprint density at radius 2 is 1.70 bits per heavy atom. The largest absolute Gasteiger partial charge is 0.468 e. The van der Waals surface area contributed by atoms with Crippen LogP contribution in [-0.4, -0.2) is 31.9 Å². The maximum absolute atomic E-state index is 12.4. The van der Waals surface area contributed by atoms with Crippen LogP contribution in [0.4, 0.5) is 0 Å². The van der Waals surface area contributed by atoms with Crippen molar-refractivity contribution in [2.75, 3.05) is 14.2 Å². The summed E-state index contributed by atoms with van der Waals surface area (Å²) in [6.45, 7) is 0. The molecule has 1 aromatic carbocycles. The number of hydrogen-bond acceptors (Lipinski definition) is 5. The van der Waals surface area contributed by atoms with Gasteiger partial charge in [0.1, 0.15) is 0 Å². The number of rotatable bonds is 3. The van der Waals surface area contributed by atoms with Gasteiger partial charge in [0, 0.05) is 12.0 Å². The molecule has 2 aliphatic carbocycles. The van der Waals surface area contributed by atoms with Crippen molar-refractivity contribution in [2.24, 2.45) is 11.3 Å². The molecule has 0 spiro atoms. The van der Waals surface area contributed by atoms with E-state index in [0.29, 0.717) is 12.0 Å². The second-order valence-electron chi connectivity index (χ2n) is 6.04. The van der Waals surface area contributed by atoms with Gasteiger partial charge >= 0.3 is 11.9 Å². The van der Waals surface area contributed by atoms with Crippen LogP contribution in [0.3, 0.4) is 0 Å². The van der Waals surface area contributed by atoms with E-state index in [1.54, 1.807) is 0 Å². The highest BCUT2D eigenvalue weighted by Gasteiger charge is 2.58. The molecule has 2 aliphatic rings. The highest BCUT2D eigenvalue weighted by atomic mass is 16.5. The maximum Gasteiger partial charge on any atom is 0.323 e. The lowest BCUT2D eigenvalue weighted by atomic mass is 9.83. The third-order valence-electron chi connectivity index (χ3n) is 4.83. The Morgan fingerprint density at radius 3 is 2.26 bits per heavy atom. The van der Waals surface area contributed by atoms with Crippen LogP contribution in [0.15, 0.2) is 35.9 Å². The van der Waals surface area contributed by atoms with Crippen molar-refractivity contribution in [1.29, 1.82) is 0 Å². The summed E-state index contributed by atoms with van der Waals surface area (Å²) in [5, 5.41) is 0. The number of carbonyl (C=O) groups excluding carboxylic acids is 3. The lowest BCUT2D eigenvalue weighted by Gasteiger charge is -2.23. The Balaban J connectivity index is 2.08. The zero-order valence-electron chi connectivity index (χ0n) is 13.1. The molecular weight excluding hydrogens is 296 g/mol. The summed E-state index contributed by atoms with van der Waals surface area (Å²) in [5.74, 6) is -1.22. The molecule has 0 aromatic heterocycles. The minimum atomic E-state index is -1.33. The molecule has 1 atom stereocenters. The van der Waals surface area contributed by atoms with Gasteiger partial charge in [-0.15, -0.1) is 0 Å². The fourth-order valence-corrected chi connectivity index (χ4v) is 3.81. The number of hydrogen-bond donors (Lipinski definition) is 0. The van der Waals surface area contributed by atoms with E-state index in [9.17, 15) is 14.4 Å². The van der Waals surface area contributed by atoms with E-state index in [1.807, 2.05) is 30.3 Å². The Hall–Kier alpha value is -2.43. The number of fused-ring (bicyclic) bond motifs is 1. The van der Waals surface area contributed by atoms with Crippen LogP contribution in [0, 0.1) is 11.3 Å². The fraction of sp³-hybridized carbons (Fsp3) is 0.389. The minimum absolute atomic E-state index is 0.0690. The van der Waals surface area contributed by atoms with Crippen LogP contribution in [0.1, 0.15) is 24.8 Å². The first-order chi connectivity index (χ1) is 11.0. The van der Waals surface area contributed by atoms with Gasteiger partial charge in [-0.1, -0.05) is 35.9 Å². The first-order valence-corrected chi connectivity index (χ1v) is 7.52. The molecule has 0 unspecified atom stereocenters. The second-order valence-corrected chi connectivity index (χ2v) is 6.04. The highest BCUT2D eigenvalue weighted by molar-refractivity contribution is 6.24. The van der Waals surface area contributed by atoms with Crippen LogP contribution in [-0.2, 0) is 23.9 Å². The summed E-state index contributed by atoms with van der Waals surface area (Å²) in [6, 6.07) is 9.36. The van der Waals surface area contributed by atoms with Crippen molar-refractivity contribution in [3.05, 3.63) is 41.5 Å². The topological polar surface area (TPSA) is 69.7 Å². The van der Waals surface area contributed by atoms with Crippen molar-refractivity contribution in [1.82, 2.24) is 0 Å². The van der Waals surface area contributed by atoms with Gasteiger partial charge in [-0.05, 0) is 24.3 Å². The predicted octanol–water partition coefficient (Wildman–Crippen LogP) is 2.16. The van der Waals surface area contributed by atoms with Gasteiger partial charge in [0.05, 0.1) is 14.2 Å². The van der Waals surface area contributed by atoms with E-state index in [1.165, 1.54) is 14.2 Å². The van der Waals surface area contributed by atoms with Crippen LogP contribution >= 0.6 is 0 Å². The van der Waals surface area contributed by atoms with Gasteiger partial charge in [0.2, 0.25) is 0 Å². The summed E-state index contributed by atoms with van der Waals surface area (Å²) < 4.78 is 9.69. The van der Waals surface area contributed by atoms with E-state index in [0.717, 1.165) is 11.1 Å². The van der Waals surface area contributed by atoms with E-state index in [4.69, 9.17) is 9.47 Å². The molecule has 0 saturated heterocycles. The standard InChI is InChI=1S/C18H18O5/c1-22-16(20)18(17(21)23-2)9-12-8-14(19)15(13(12)10-18)11-6-4-3-5-7-11/h3-7,12H,8-10H2,1-2H3/t12-/m0/s1. The number of ketones is 1. The molecule has 5 nitrogen and oxygen atoms in total. The van der Waals surface area contributed by atoms with Crippen LogP contribution in [0.25, 0.3) is 5.57 Å². The number of carbonyl (C=O) groups is 3. The summed E-state index contributed by atoms with van der Waals surface area (Å²) in [7, 11) is 2.53. The average molecular weight is 314 g/mol. The van der Waals surface area contributed by atoms with Crippen LogP contribution in [0.2, 0.25) is 0 Å². The Kier molecular flexibility index (Phi) is 3.80. The molecule has 0 aliphatic heterocycles. The molecule has 5 heteroatoms. The summed E-state index contributed by atoms with van der Waals surface area (Å²) in [6.07, 6.45) is 0.784. The fourth-order valence-electron chi connectivity index (χ4n) is 3.81. The molecule has 0 radical (unpaired) electrons. The first kappa shape index (κ1) is 15.5. The number of benzene rings is 1. The van der Waals surface area contributed by atoms with Crippen molar-refractivity contribution >= 4 is 23.3 Å². The summed E-state index contributed by atoms with van der Waals surface area (Å²) >= 11 is 0. The molecule has 0 heterocycles. The molecule has 23 heavy (non-hydrogen) atoms. The van der Waals surface area contributed by atoms with Gasteiger partial charge in [-0.2, -0.15) is 0 Å². The van der Waals surface area contributed by atoms with Crippen molar-refractivity contribution in [3.63, 3.8) is 0 Å². The summed E-state index contributed by atoms with van der Waals surface area (Å²) in [5.41, 5.74) is 1.02. The highest BCUT2D eigenvalue weighted by Crippen LogP contribution is 2.54. The molecule has 1 saturated carbocycles. The normalized spacial score (nSPS) is 22.0. The zero-order chi connectivity index (χ0) is 16.6. The Bertz CT molecular complexity index is 685. The maximum atomic E-state index is 12.4. The average Bonchev–Trinajstić information content (AvgIpc) is 3.08. The van der Waals surface area contributed by atoms with Gasteiger partial charge in [-0.25, -0.2) is 0 Å². The van der Waals surface area contributed by atoms with E-state index in [2.05, 4.69) is 0 Å². The smallest absolute Gasteiger partial charge is 0.323 e. The monoisotopic (exact) mass is 314 g/mol. The second kappa shape index (κ2) is 5.65. The lowest BCUT2D eigenvalue weighted by molar-refractivity contribution is -0.168. The molecular formula is C18H18O5. The molecule has 0 N–H and O–H groups in total. The van der Waals surface area contributed by atoms with Gasteiger partial charge in [0.15, 0.2) is 11.2 Å². The third-order valence-corrected chi connectivity index (χ3v) is 4.83. The van der Waals surface area contributed by atoms with Gasteiger partial charge < -0.3 is 9.47 Å². The van der Waals surface area contributed by atoms with Crippen molar-refractivity contribution < 1.29 is 23.9 Å². The molecule has 120 valence electrons. The number of methoxy groups -OCH3 is 2. The van der Waals surface area contributed by atoms with E-state index < -0.39 is 17.4 Å². The van der Waals surface area contributed by atoms with E-state index >= 15 is 0 Å². The first-order valence-electron chi connectivity index (χ1n) is 7.52.